The summed E-state index contributed by atoms with van der Waals surface area (Å²) in [5.74, 6) is -0.389. The molecule has 0 saturated heterocycles. The molecule has 1 aromatic heterocycles. The number of amides is 1. The molecule has 0 aliphatic carbocycles. The standard InChI is InChI=1S/C20H18ClN3O4S2/c1-12-7-8-13(2)16(9-12)30(27,28)17-10-22-20(24-19(17)26)29-11-18(25)23-15-6-4-3-5-14(15)21/h3-10H,11H2,1-2H3,(H,23,25)(H,22,24,26). The van der Waals surface area contributed by atoms with Gasteiger partial charge in [0.2, 0.25) is 15.7 Å². The Morgan fingerprint density at radius 1 is 1.17 bits per heavy atom. The first-order valence-electron chi connectivity index (χ1n) is 8.77. The summed E-state index contributed by atoms with van der Waals surface area (Å²) in [6.07, 6.45) is 1.02. The average Bonchev–Trinajstić information content (AvgIpc) is 2.70. The molecular weight excluding hydrogens is 446 g/mol. The van der Waals surface area contributed by atoms with Crippen LogP contribution < -0.4 is 10.9 Å². The monoisotopic (exact) mass is 463 g/mol. The molecule has 3 rings (SSSR count). The Kier molecular flexibility index (Phi) is 6.64. The highest BCUT2D eigenvalue weighted by Gasteiger charge is 2.24. The van der Waals surface area contributed by atoms with E-state index in [-0.39, 0.29) is 21.7 Å². The zero-order chi connectivity index (χ0) is 21.9. The van der Waals surface area contributed by atoms with Gasteiger partial charge in [-0.25, -0.2) is 13.4 Å². The Balaban J connectivity index is 1.75. The molecule has 1 heterocycles. The fraction of sp³-hybridized carbons (Fsp3) is 0.150. The highest BCUT2D eigenvalue weighted by Crippen LogP contribution is 2.24. The highest BCUT2D eigenvalue weighted by atomic mass is 35.5. The molecule has 0 atom stereocenters. The van der Waals surface area contributed by atoms with Crippen LogP contribution in [0.2, 0.25) is 5.02 Å². The Hall–Kier alpha value is -2.62. The molecule has 30 heavy (non-hydrogen) atoms. The van der Waals surface area contributed by atoms with E-state index in [0.717, 1.165) is 23.5 Å². The maximum absolute atomic E-state index is 12.9. The van der Waals surface area contributed by atoms with Crippen molar-refractivity contribution in [2.45, 2.75) is 28.8 Å². The summed E-state index contributed by atoms with van der Waals surface area (Å²) in [6.45, 7) is 3.43. The van der Waals surface area contributed by atoms with Crippen molar-refractivity contribution in [2.24, 2.45) is 0 Å². The van der Waals surface area contributed by atoms with Gasteiger partial charge in [-0.1, -0.05) is 47.6 Å². The number of aryl methyl sites for hydroxylation is 2. The smallest absolute Gasteiger partial charge is 0.270 e. The molecule has 10 heteroatoms. The number of sulfone groups is 1. The Labute approximate surface area is 182 Å². The lowest BCUT2D eigenvalue weighted by Gasteiger charge is -2.09. The molecule has 2 aromatic carbocycles. The van der Waals surface area contributed by atoms with Crippen molar-refractivity contribution in [2.75, 3.05) is 11.1 Å². The summed E-state index contributed by atoms with van der Waals surface area (Å²) in [5.41, 5.74) is 0.982. The van der Waals surface area contributed by atoms with Gasteiger partial charge in [0.25, 0.3) is 5.56 Å². The number of hydrogen-bond acceptors (Lipinski definition) is 6. The normalized spacial score (nSPS) is 11.3. The van der Waals surface area contributed by atoms with Gasteiger partial charge in [0.15, 0.2) is 10.1 Å². The average molecular weight is 464 g/mol. The van der Waals surface area contributed by atoms with Crippen molar-refractivity contribution in [1.29, 1.82) is 0 Å². The Bertz CT molecular complexity index is 1270. The summed E-state index contributed by atoms with van der Waals surface area (Å²) < 4.78 is 25.8. The number of para-hydroxylation sites is 1. The summed E-state index contributed by atoms with van der Waals surface area (Å²) in [4.78, 5) is 30.6. The van der Waals surface area contributed by atoms with Gasteiger partial charge < -0.3 is 10.3 Å². The number of carbonyl (C=O) groups is 1. The third-order valence-electron chi connectivity index (χ3n) is 4.15. The SMILES string of the molecule is Cc1ccc(C)c(S(=O)(=O)c2cnc(SCC(=O)Nc3ccccc3Cl)[nH]c2=O)c1. The van der Waals surface area contributed by atoms with Crippen LogP contribution in [0.25, 0.3) is 0 Å². The lowest BCUT2D eigenvalue weighted by molar-refractivity contribution is -0.113. The zero-order valence-corrected chi connectivity index (χ0v) is 18.5. The number of nitrogens with one attached hydrogen (secondary N) is 2. The van der Waals surface area contributed by atoms with Crippen LogP contribution in [0.1, 0.15) is 11.1 Å². The largest absolute Gasteiger partial charge is 0.324 e. The van der Waals surface area contributed by atoms with Crippen LogP contribution in [0.5, 0.6) is 0 Å². The van der Waals surface area contributed by atoms with E-state index in [1.807, 2.05) is 0 Å². The summed E-state index contributed by atoms with van der Waals surface area (Å²) in [5, 5.41) is 3.20. The number of thioether (sulfide) groups is 1. The number of benzene rings is 2. The molecule has 0 saturated carbocycles. The van der Waals surface area contributed by atoms with Crippen molar-refractivity contribution < 1.29 is 13.2 Å². The summed E-state index contributed by atoms with van der Waals surface area (Å²) in [7, 11) is -4.03. The molecule has 2 N–H and O–H groups in total. The van der Waals surface area contributed by atoms with E-state index < -0.39 is 20.3 Å². The van der Waals surface area contributed by atoms with Gasteiger partial charge in [0.1, 0.15) is 0 Å². The number of H-pyrrole nitrogens is 1. The fourth-order valence-corrected chi connectivity index (χ4v) is 5.00. The molecule has 0 spiro atoms. The fourth-order valence-electron chi connectivity index (χ4n) is 2.63. The first-order chi connectivity index (χ1) is 14.2. The second kappa shape index (κ2) is 9.03. The van der Waals surface area contributed by atoms with Gasteiger partial charge in [-0.3, -0.25) is 9.59 Å². The van der Waals surface area contributed by atoms with Crippen LogP contribution in [0.3, 0.4) is 0 Å². The number of nitrogens with zero attached hydrogens (tertiary/aromatic N) is 1. The first-order valence-corrected chi connectivity index (χ1v) is 11.6. The maximum atomic E-state index is 12.9. The van der Waals surface area contributed by atoms with Crippen molar-refractivity contribution in [1.82, 2.24) is 9.97 Å². The third kappa shape index (κ3) is 4.92. The predicted molar refractivity (Wildman–Crippen MR) is 117 cm³/mol. The Morgan fingerprint density at radius 3 is 2.60 bits per heavy atom. The zero-order valence-electron chi connectivity index (χ0n) is 16.1. The second-order valence-electron chi connectivity index (χ2n) is 6.47. The maximum Gasteiger partial charge on any atom is 0.270 e. The van der Waals surface area contributed by atoms with Gasteiger partial charge in [-0.15, -0.1) is 0 Å². The molecule has 0 fully saturated rings. The number of aromatic nitrogens is 2. The molecule has 0 radical (unpaired) electrons. The second-order valence-corrected chi connectivity index (χ2v) is 9.73. The molecule has 7 nitrogen and oxygen atoms in total. The van der Waals surface area contributed by atoms with E-state index in [1.54, 1.807) is 50.2 Å². The number of hydrogen-bond donors (Lipinski definition) is 2. The molecule has 156 valence electrons. The van der Waals surface area contributed by atoms with Gasteiger partial charge in [0.05, 0.1) is 27.6 Å². The first kappa shape index (κ1) is 22.1. The van der Waals surface area contributed by atoms with Gasteiger partial charge >= 0.3 is 0 Å². The minimum Gasteiger partial charge on any atom is -0.324 e. The van der Waals surface area contributed by atoms with E-state index in [9.17, 15) is 18.0 Å². The van der Waals surface area contributed by atoms with Gasteiger partial charge in [-0.2, -0.15) is 0 Å². The van der Waals surface area contributed by atoms with E-state index in [4.69, 9.17) is 11.6 Å². The van der Waals surface area contributed by atoms with Gasteiger partial charge in [-0.05, 0) is 43.2 Å². The lowest BCUT2D eigenvalue weighted by atomic mass is 10.2. The van der Waals surface area contributed by atoms with Crippen molar-refractivity contribution in [3.8, 4) is 0 Å². The van der Waals surface area contributed by atoms with E-state index >= 15 is 0 Å². The van der Waals surface area contributed by atoms with Crippen molar-refractivity contribution in [3.63, 3.8) is 0 Å². The van der Waals surface area contributed by atoms with Crippen LogP contribution in [-0.2, 0) is 14.6 Å². The molecule has 0 aliphatic heterocycles. The predicted octanol–water partition coefficient (Wildman–Crippen LogP) is 3.60. The van der Waals surface area contributed by atoms with Crippen molar-refractivity contribution >= 4 is 44.8 Å². The van der Waals surface area contributed by atoms with Crippen LogP contribution in [0.15, 0.2) is 68.4 Å². The number of rotatable bonds is 6. The highest BCUT2D eigenvalue weighted by molar-refractivity contribution is 7.99. The minimum absolute atomic E-state index is 0.0444. The lowest BCUT2D eigenvalue weighted by Crippen LogP contribution is -2.20. The summed E-state index contributed by atoms with van der Waals surface area (Å²) >= 11 is 6.97. The Morgan fingerprint density at radius 2 is 1.90 bits per heavy atom. The third-order valence-corrected chi connectivity index (χ3v) is 7.26. The van der Waals surface area contributed by atoms with Crippen molar-refractivity contribution in [3.05, 3.63) is 75.2 Å². The minimum atomic E-state index is -4.03. The quantitative estimate of drug-likeness (QED) is 0.427. The molecule has 1 amide bonds. The molecule has 3 aromatic rings. The molecular formula is C20H18ClN3O4S2. The number of aromatic amines is 1. The molecule has 0 bridgehead atoms. The van der Waals surface area contributed by atoms with E-state index in [0.29, 0.717) is 16.3 Å². The number of carbonyl (C=O) groups excluding carboxylic acids is 1. The van der Waals surface area contributed by atoms with E-state index in [2.05, 4.69) is 15.3 Å². The molecule has 0 unspecified atom stereocenters. The summed E-state index contributed by atoms with van der Waals surface area (Å²) in [6, 6.07) is 11.8. The van der Waals surface area contributed by atoms with Crippen LogP contribution in [0.4, 0.5) is 5.69 Å². The van der Waals surface area contributed by atoms with Crippen LogP contribution >= 0.6 is 23.4 Å². The topological polar surface area (TPSA) is 109 Å². The molecule has 0 aliphatic rings. The van der Waals surface area contributed by atoms with Crippen LogP contribution in [-0.4, -0.2) is 30.0 Å². The number of anilines is 1. The van der Waals surface area contributed by atoms with Gasteiger partial charge in [0, 0.05) is 0 Å². The number of halogens is 1. The van der Waals surface area contributed by atoms with E-state index in [1.165, 1.54) is 6.07 Å². The van der Waals surface area contributed by atoms with Crippen LogP contribution in [0, 0.1) is 13.8 Å².